The first-order valence-corrected chi connectivity index (χ1v) is 8.77. The minimum absolute atomic E-state index is 0.133. The molecule has 1 aliphatic rings. The Morgan fingerprint density at radius 2 is 2.09 bits per heavy atom. The van der Waals surface area contributed by atoms with Crippen molar-refractivity contribution in [2.45, 2.75) is 36.9 Å². The van der Waals surface area contributed by atoms with Crippen molar-refractivity contribution in [2.24, 2.45) is 0 Å². The summed E-state index contributed by atoms with van der Waals surface area (Å²) in [5, 5.41) is 8.82. The van der Waals surface area contributed by atoms with E-state index in [9.17, 15) is 4.79 Å². The maximum absolute atomic E-state index is 12.3. The van der Waals surface area contributed by atoms with Crippen molar-refractivity contribution in [1.82, 2.24) is 9.78 Å². The molecule has 0 fully saturated rings. The fourth-order valence-corrected chi connectivity index (χ4v) is 3.63. The zero-order valence-electron chi connectivity index (χ0n) is 13.8. The number of rotatable bonds is 3. The first kappa shape index (κ1) is 15.9. The number of anilines is 1. The highest BCUT2D eigenvalue weighted by atomic mass is 32.2. The third-order valence-corrected chi connectivity index (χ3v) is 4.90. The van der Waals surface area contributed by atoms with Gasteiger partial charge in [-0.25, -0.2) is 9.48 Å². The number of hydrogen-bond acceptors (Lipinski definition) is 5. The van der Waals surface area contributed by atoms with Gasteiger partial charge < -0.3 is 10.1 Å². The number of nitrogens with zero attached hydrogens (tertiary/aromatic N) is 2. The summed E-state index contributed by atoms with van der Waals surface area (Å²) in [6.45, 7) is 4.29. The average molecular weight is 331 g/mol. The van der Waals surface area contributed by atoms with Gasteiger partial charge in [-0.05, 0) is 32.1 Å². The molecule has 2 aromatic rings. The summed E-state index contributed by atoms with van der Waals surface area (Å²) >= 11 is 1.46. The number of carbonyl (C=O) groups excluding carboxylic acids is 1. The molecule has 0 spiro atoms. The van der Waals surface area contributed by atoms with Gasteiger partial charge in [0.15, 0.2) is 0 Å². The molecule has 2 heterocycles. The summed E-state index contributed by atoms with van der Waals surface area (Å²) < 4.78 is 6.89. The Hall–Kier alpha value is -1.95. The van der Waals surface area contributed by atoms with Crippen LogP contribution in [0.4, 0.5) is 5.82 Å². The molecule has 0 saturated heterocycles. The van der Waals surface area contributed by atoms with E-state index in [1.807, 2.05) is 29.1 Å². The zero-order valence-corrected chi connectivity index (χ0v) is 14.6. The van der Waals surface area contributed by atoms with Gasteiger partial charge in [0.1, 0.15) is 16.4 Å². The maximum atomic E-state index is 12.3. The Balaban J connectivity index is 2.11. The predicted molar refractivity (Wildman–Crippen MR) is 92.1 cm³/mol. The van der Waals surface area contributed by atoms with Gasteiger partial charge in [-0.3, -0.25) is 0 Å². The van der Waals surface area contributed by atoms with Gasteiger partial charge in [0, 0.05) is 0 Å². The van der Waals surface area contributed by atoms with Crippen molar-refractivity contribution in [3.05, 3.63) is 41.5 Å². The largest absolute Gasteiger partial charge is 0.465 e. The van der Waals surface area contributed by atoms with E-state index in [4.69, 9.17) is 4.74 Å². The van der Waals surface area contributed by atoms with Gasteiger partial charge >= 0.3 is 5.97 Å². The van der Waals surface area contributed by atoms with Crippen molar-refractivity contribution in [2.75, 3.05) is 18.7 Å². The predicted octanol–water partition coefficient (Wildman–Crippen LogP) is 3.68. The summed E-state index contributed by atoms with van der Waals surface area (Å²) in [7, 11) is 1.40. The van der Waals surface area contributed by atoms with Crippen LogP contribution in [0, 0.1) is 0 Å². The topological polar surface area (TPSA) is 56.1 Å². The molecule has 6 heteroatoms. The first-order valence-electron chi connectivity index (χ1n) is 7.55. The lowest BCUT2D eigenvalue weighted by Crippen LogP contribution is -2.38. The summed E-state index contributed by atoms with van der Waals surface area (Å²) in [5.41, 5.74) is 1.53. The lowest BCUT2D eigenvalue weighted by molar-refractivity contribution is 0.0597. The van der Waals surface area contributed by atoms with Crippen LogP contribution in [0.1, 0.15) is 42.2 Å². The Labute approximate surface area is 140 Å². The number of carbonyl (C=O) groups is 1. The van der Waals surface area contributed by atoms with Crippen molar-refractivity contribution in [1.29, 1.82) is 0 Å². The molecule has 1 atom stereocenters. The zero-order chi connectivity index (χ0) is 16.6. The maximum Gasteiger partial charge on any atom is 0.344 e. The Kier molecular flexibility index (Phi) is 4.10. The molecule has 1 unspecified atom stereocenters. The highest BCUT2D eigenvalue weighted by Crippen LogP contribution is 2.42. The Morgan fingerprint density at radius 1 is 1.39 bits per heavy atom. The van der Waals surface area contributed by atoms with Crippen molar-refractivity contribution in [3.63, 3.8) is 0 Å². The van der Waals surface area contributed by atoms with E-state index < -0.39 is 0 Å². The summed E-state index contributed by atoms with van der Waals surface area (Å²) in [5.74, 6) is 0.388. The first-order chi connectivity index (χ1) is 11.0. The van der Waals surface area contributed by atoms with Crippen molar-refractivity contribution in [3.8, 4) is 0 Å². The molecule has 0 aliphatic carbocycles. The number of hydrogen-bond donors (Lipinski definition) is 1. The fourth-order valence-electron chi connectivity index (χ4n) is 3.09. The number of nitrogens with one attached hydrogen (secondary N) is 1. The molecule has 0 amide bonds. The van der Waals surface area contributed by atoms with Gasteiger partial charge in [0.25, 0.3) is 0 Å². The second-order valence-electron chi connectivity index (χ2n) is 6.26. The third-order valence-electron chi connectivity index (χ3n) is 4.23. The molecule has 3 rings (SSSR count). The monoisotopic (exact) mass is 331 g/mol. The van der Waals surface area contributed by atoms with E-state index in [2.05, 4.69) is 36.4 Å². The Morgan fingerprint density at radius 3 is 2.70 bits per heavy atom. The standard InChI is InChI=1S/C17H21N3O2S/c1-17(2)10-12(11-8-6-5-7-9-11)18-14-13(16(21)22-3)15(23-4)19-20(14)17/h5-9,12,18H,10H2,1-4H3. The van der Waals surface area contributed by atoms with Gasteiger partial charge in [0.05, 0.1) is 18.7 Å². The SMILES string of the molecule is COC(=O)c1c(SC)nn2c1NC(c1ccccc1)CC2(C)C. The fraction of sp³-hybridized carbons (Fsp3) is 0.412. The van der Waals surface area contributed by atoms with E-state index in [-0.39, 0.29) is 17.6 Å². The van der Waals surface area contributed by atoms with Gasteiger partial charge in [-0.15, -0.1) is 11.8 Å². The highest BCUT2D eigenvalue weighted by molar-refractivity contribution is 7.98. The van der Waals surface area contributed by atoms with E-state index in [1.54, 1.807) is 0 Å². The number of thioether (sulfide) groups is 1. The molecule has 1 aliphatic heterocycles. The molecular formula is C17H21N3O2S. The number of aromatic nitrogens is 2. The van der Waals surface area contributed by atoms with Crippen LogP contribution in [0.15, 0.2) is 35.4 Å². The van der Waals surface area contributed by atoms with Crippen LogP contribution in [0.2, 0.25) is 0 Å². The second-order valence-corrected chi connectivity index (χ2v) is 7.06. The summed E-state index contributed by atoms with van der Waals surface area (Å²) in [4.78, 5) is 12.3. The quantitative estimate of drug-likeness (QED) is 0.687. The van der Waals surface area contributed by atoms with Crippen LogP contribution >= 0.6 is 11.8 Å². The van der Waals surface area contributed by atoms with Crippen LogP contribution in [0.3, 0.4) is 0 Å². The van der Waals surface area contributed by atoms with E-state index >= 15 is 0 Å². The number of esters is 1. The number of ether oxygens (including phenoxy) is 1. The van der Waals surface area contributed by atoms with Crippen LogP contribution in [-0.2, 0) is 10.3 Å². The number of fused-ring (bicyclic) bond motifs is 1. The molecule has 0 bridgehead atoms. The van der Waals surface area contributed by atoms with Gasteiger partial charge in [-0.2, -0.15) is 5.10 Å². The highest BCUT2D eigenvalue weighted by Gasteiger charge is 2.38. The molecule has 1 N–H and O–H groups in total. The summed E-state index contributed by atoms with van der Waals surface area (Å²) in [6, 6.07) is 10.4. The lowest BCUT2D eigenvalue weighted by atomic mass is 9.89. The number of benzene rings is 1. The van der Waals surface area contributed by atoms with E-state index in [0.717, 1.165) is 12.2 Å². The van der Waals surface area contributed by atoms with Crippen molar-refractivity contribution >= 4 is 23.5 Å². The van der Waals surface area contributed by atoms with Crippen molar-refractivity contribution < 1.29 is 9.53 Å². The molecule has 23 heavy (non-hydrogen) atoms. The van der Waals surface area contributed by atoms with Gasteiger partial charge in [0.2, 0.25) is 0 Å². The second kappa shape index (κ2) is 5.92. The minimum atomic E-state index is -0.354. The smallest absolute Gasteiger partial charge is 0.344 e. The normalized spacial score (nSPS) is 18.9. The molecule has 0 radical (unpaired) electrons. The molecule has 1 aromatic heterocycles. The summed E-state index contributed by atoms with van der Waals surface area (Å²) in [6.07, 6.45) is 2.81. The minimum Gasteiger partial charge on any atom is -0.465 e. The lowest BCUT2D eigenvalue weighted by Gasteiger charge is -2.38. The molecule has 0 saturated carbocycles. The van der Waals surface area contributed by atoms with Crippen LogP contribution in [0.25, 0.3) is 0 Å². The average Bonchev–Trinajstić information content (AvgIpc) is 2.94. The molecule has 122 valence electrons. The van der Waals surface area contributed by atoms with Crippen LogP contribution in [0.5, 0.6) is 0 Å². The van der Waals surface area contributed by atoms with Crippen LogP contribution < -0.4 is 5.32 Å². The molecule has 5 nitrogen and oxygen atoms in total. The third kappa shape index (κ3) is 2.72. The molecular weight excluding hydrogens is 310 g/mol. The van der Waals surface area contributed by atoms with E-state index in [0.29, 0.717) is 10.6 Å². The van der Waals surface area contributed by atoms with Gasteiger partial charge in [-0.1, -0.05) is 30.3 Å². The van der Waals surface area contributed by atoms with Crippen LogP contribution in [-0.4, -0.2) is 29.1 Å². The van der Waals surface area contributed by atoms with E-state index in [1.165, 1.54) is 24.4 Å². The molecule has 1 aromatic carbocycles. The Bertz CT molecular complexity index is 725. The number of methoxy groups -OCH3 is 1.